The number of carbonyl (C=O) groups is 2. The van der Waals surface area contributed by atoms with Crippen LogP contribution < -0.4 is 10.5 Å². The Kier molecular flexibility index (Phi) is 6.38. The van der Waals surface area contributed by atoms with Crippen LogP contribution in [0, 0.1) is 0 Å². The molecule has 0 saturated heterocycles. The number of rotatable bonds is 8. The summed E-state index contributed by atoms with van der Waals surface area (Å²) in [5, 5.41) is 18.4. The Labute approximate surface area is 149 Å². The summed E-state index contributed by atoms with van der Waals surface area (Å²) in [6.07, 6.45) is -0.0851. The molecule has 0 aliphatic carbocycles. The first kappa shape index (κ1) is 18.8. The maximum Gasteiger partial charge on any atom is 0.335 e. The highest BCUT2D eigenvalue weighted by Crippen LogP contribution is 2.30. The topological polar surface area (TPSA) is 110 Å². The highest BCUT2D eigenvalue weighted by Gasteiger charge is 2.16. The number of hydrogen-bond acceptors (Lipinski definition) is 4. The average Bonchev–Trinajstić information content (AvgIpc) is 2.59. The lowest BCUT2D eigenvalue weighted by molar-refractivity contribution is -0.137. The maximum atomic E-state index is 11.0. The van der Waals surface area contributed by atoms with Crippen LogP contribution in [-0.2, 0) is 11.4 Å². The Bertz CT molecular complexity index is 778. The minimum absolute atomic E-state index is 0.0851. The Balaban J connectivity index is 2.16. The van der Waals surface area contributed by atoms with E-state index in [0.717, 1.165) is 5.56 Å². The predicted octanol–water partition coefficient (Wildman–Crippen LogP) is 3.13. The number of aromatic carboxylic acids is 1. The first-order valence-electron chi connectivity index (χ1n) is 7.57. The van der Waals surface area contributed by atoms with Crippen LogP contribution in [-0.4, -0.2) is 28.7 Å². The first-order valence-corrected chi connectivity index (χ1v) is 7.95. The van der Waals surface area contributed by atoms with Gasteiger partial charge in [0.25, 0.3) is 0 Å². The van der Waals surface area contributed by atoms with Gasteiger partial charge in [0.05, 0.1) is 17.0 Å². The summed E-state index contributed by atoms with van der Waals surface area (Å²) in [4.78, 5) is 21.9. The van der Waals surface area contributed by atoms with Crippen molar-refractivity contribution in [2.75, 3.05) is 6.54 Å². The number of ether oxygens (including phenoxy) is 1. The molecule has 2 aromatic rings. The predicted molar refractivity (Wildman–Crippen MR) is 93.2 cm³/mol. The molecule has 0 bridgehead atoms. The molecule has 0 amide bonds. The van der Waals surface area contributed by atoms with Crippen molar-refractivity contribution < 1.29 is 24.5 Å². The Morgan fingerprint density at radius 3 is 2.56 bits per heavy atom. The van der Waals surface area contributed by atoms with Gasteiger partial charge >= 0.3 is 11.9 Å². The SMILES string of the molecule is NCC(CC(=O)O)c1ccc(Cl)c(OCc2cccc(C(=O)O)c2)c1. The average molecular weight is 364 g/mol. The van der Waals surface area contributed by atoms with Crippen molar-refractivity contribution in [3.05, 3.63) is 64.2 Å². The molecule has 0 spiro atoms. The number of halogens is 1. The zero-order valence-corrected chi connectivity index (χ0v) is 14.1. The number of carboxylic acid groups (broad SMARTS) is 2. The summed E-state index contributed by atoms with van der Waals surface area (Å²) in [6.45, 7) is 0.324. The molecule has 1 atom stereocenters. The van der Waals surface area contributed by atoms with Gasteiger partial charge in [0.2, 0.25) is 0 Å². The van der Waals surface area contributed by atoms with Crippen LogP contribution in [0.25, 0.3) is 0 Å². The van der Waals surface area contributed by atoms with Gasteiger partial charge in [-0.25, -0.2) is 4.79 Å². The van der Waals surface area contributed by atoms with Crippen LogP contribution in [0.2, 0.25) is 5.02 Å². The molecule has 6 nitrogen and oxygen atoms in total. The third kappa shape index (κ3) is 5.20. The van der Waals surface area contributed by atoms with E-state index in [4.69, 9.17) is 32.3 Å². The zero-order valence-electron chi connectivity index (χ0n) is 13.3. The van der Waals surface area contributed by atoms with Gasteiger partial charge in [-0.2, -0.15) is 0 Å². The molecule has 2 rings (SSSR count). The fourth-order valence-corrected chi connectivity index (χ4v) is 2.56. The Morgan fingerprint density at radius 1 is 1.16 bits per heavy atom. The lowest BCUT2D eigenvalue weighted by Gasteiger charge is -2.15. The van der Waals surface area contributed by atoms with Crippen LogP contribution >= 0.6 is 11.6 Å². The van der Waals surface area contributed by atoms with Crippen molar-refractivity contribution >= 4 is 23.5 Å². The van der Waals surface area contributed by atoms with E-state index in [2.05, 4.69) is 0 Å². The van der Waals surface area contributed by atoms with Crippen LogP contribution in [0.1, 0.15) is 33.8 Å². The van der Waals surface area contributed by atoms with Crippen molar-refractivity contribution in [3.63, 3.8) is 0 Å². The highest BCUT2D eigenvalue weighted by atomic mass is 35.5. The normalized spacial score (nSPS) is 11.8. The van der Waals surface area contributed by atoms with Crippen LogP contribution in [0.3, 0.4) is 0 Å². The summed E-state index contributed by atoms with van der Waals surface area (Å²) in [5.74, 6) is -1.89. The molecular formula is C18H18ClNO5. The fraction of sp³-hybridized carbons (Fsp3) is 0.222. The van der Waals surface area contributed by atoms with Crippen molar-refractivity contribution in [1.29, 1.82) is 0 Å². The van der Waals surface area contributed by atoms with Gasteiger partial charge in [-0.15, -0.1) is 0 Å². The van der Waals surface area contributed by atoms with E-state index in [1.165, 1.54) is 12.1 Å². The van der Waals surface area contributed by atoms with E-state index >= 15 is 0 Å². The molecule has 0 aliphatic heterocycles. The molecule has 0 aliphatic rings. The second kappa shape index (κ2) is 8.50. The van der Waals surface area contributed by atoms with Gasteiger partial charge in [0.15, 0.2) is 0 Å². The van der Waals surface area contributed by atoms with Crippen molar-refractivity contribution in [2.24, 2.45) is 5.73 Å². The lowest BCUT2D eigenvalue weighted by Crippen LogP contribution is -2.16. The molecule has 1 unspecified atom stereocenters. The summed E-state index contributed by atoms with van der Waals surface area (Å²) < 4.78 is 5.68. The van der Waals surface area contributed by atoms with E-state index in [-0.39, 0.29) is 31.1 Å². The number of nitrogens with two attached hydrogens (primary N) is 1. The minimum Gasteiger partial charge on any atom is -0.487 e. The third-order valence-electron chi connectivity index (χ3n) is 3.70. The number of hydrogen-bond donors (Lipinski definition) is 3. The monoisotopic (exact) mass is 363 g/mol. The maximum absolute atomic E-state index is 11.0. The number of aliphatic carboxylic acids is 1. The van der Waals surface area contributed by atoms with Gasteiger partial charge in [-0.3, -0.25) is 4.79 Å². The van der Waals surface area contributed by atoms with E-state index in [0.29, 0.717) is 16.3 Å². The third-order valence-corrected chi connectivity index (χ3v) is 4.01. The molecule has 0 heterocycles. The quantitative estimate of drug-likeness (QED) is 0.664. The molecule has 0 fully saturated rings. The van der Waals surface area contributed by atoms with Crippen LogP contribution in [0.15, 0.2) is 42.5 Å². The summed E-state index contributed by atoms with van der Waals surface area (Å²) >= 11 is 6.13. The Hall–Kier alpha value is -2.57. The zero-order chi connectivity index (χ0) is 18.4. The minimum atomic E-state index is -1.01. The molecular weight excluding hydrogens is 346 g/mol. The van der Waals surface area contributed by atoms with Crippen LogP contribution in [0.4, 0.5) is 0 Å². The van der Waals surface area contributed by atoms with Gasteiger partial charge in [0.1, 0.15) is 12.4 Å². The lowest BCUT2D eigenvalue weighted by atomic mass is 9.96. The van der Waals surface area contributed by atoms with E-state index in [9.17, 15) is 9.59 Å². The Morgan fingerprint density at radius 2 is 1.92 bits per heavy atom. The summed E-state index contributed by atoms with van der Waals surface area (Å²) in [6, 6.07) is 11.4. The standard InChI is InChI=1S/C18H18ClNO5/c19-15-5-4-12(14(9-20)8-17(21)22)7-16(15)25-10-11-2-1-3-13(6-11)18(23)24/h1-7,14H,8-10,20H2,(H,21,22)(H,23,24). The highest BCUT2D eigenvalue weighted by molar-refractivity contribution is 6.32. The van der Waals surface area contributed by atoms with Crippen molar-refractivity contribution in [3.8, 4) is 5.75 Å². The first-order chi connectivity index (χ1) is 11.9. The molecule has 0 saturated carbocycles. The van der Waals surface area contributed by atoms with E-state index < -0.39 is 11.9 Å². The summed E-state index contributed by atoms with van der Waals surface area (Å²) in [5.41, 5.74) is 7.24. The molecule has 25 heavy (non-hydrogen) atoms. The van der Waals surface area contributed by atoms with E-state index in [1.807, 2.05) is 0 Å². The second-order valence-corrected chi connectivity index (χ2v) is 5.92. The van der Waals surface area contributed by atoms with Gasteiger partial charge in [-0.05, 0) is 41.9 Å². The molecule has 132 valence electrons. The molecule has 7 heteroatoms. The van der Waals surface area contributed by atoms with E-state index in [1.54, 1.807) is 30.3 Å². The number of carboxylic acids is 2. The molecule has 2 aromatic carbocycles. The summed E-state index contributed by atoms with van der Waals surface area (Å²) in [7, 11) is 0. The smallest absolute Gasteiger partial charge is 0.335 e. The fourth-order valence-electron chi connectivity index (χ4n) is 2.39. The van der Waals surface area contributed by atoms with Gasteiger partial charge in [0, 0.05) is 5.92 Å². The molecule has 0 aromatic heterocycles. The van der Waals surface area contributed by atoms with Crippen molar-refractivity contribution in [2.45, 2.75) is 18.9 Å². The van der Waals surface area contributed by atoms with Crippen molar-refractivity contribution in [1.82, 2.24) is 0 Å². The van der Waals surface area contributed by atoms with Crippen LogP contribution in [0.5, 0.6) is 5.75 Å². The second-order valence-electron chi connectivity index (χ2n) is 5.51. The number of benzene rings is 2. The van der Waals surface area contributed by atoms with Gasteiger partial charge in [-0.1, -0.05) is 29.8 Å². The van der Waals surface area contributed by atoms with Gasteiger partial charge < -0.3 is 20.7 Å². The largest absolute Gasteiger partial charge is 0.487 e. The molecule has 4 N–H and O–H groups in total. The molecule has 0 radical (unpaired) electrons.